The van der Waals surface area contributed by atoms with Crippen molar-refractivity contribution >= 4 is 40.1 Å². The van der Waals surface area contributed by atoms with Crippen LogP contribution in [0.2, 0.25) is 5.02 Å². The fraction of sp³-hybridized carbons (Fsp3) is 0. The minimum atomic E-state index is -0.362. The fourth-order valence-corrected chi connectivity index (χ4v) is 2.35. The molecular weight excluding hydrogens is 284 g/mol. The van der Waals surface area contributed by atoms with Gasteiger partial charge in [0, 0.05) is 12.4 Å². The van der Waals surface area contributed by atoms with Crippen LogP contribution in [-0.4, -0.2) is 19.6 Å². The highest BCUT2D eigenvalue weighted by molar-refractivity contribution is 7.14. The number of hydrogen-bond donors (Lipinski definition) is 0. The van der Waals surface area contributed by atoms with Crippen molar-refractivity contribution in [3.63, 3.8) is 0 Å². The summed E-state index contributed by atoms with van der Waals surface area (Å²) in [5, 5.41) is 3.94. The molecule has 3 aromatic heterocycles. The van der Waals surface area contributed by atoms with Gasteiger partial charge in [-0.3, -0.25) is 9.78 Å². The van der Waals surface area contributed by atoms with E-state index in [4.69, 9.17) is 11.6 Å². The molecule has 3 rings (SSSR count). The highest BCUT2D eigenvalue weighted by atomic mass is 35.5. The van der Waals surface area contributed by atoms with E-state index in [-0.39, 0.29) is 10.6 Å². The third kappa shape index (κ3) is 2.27. The van der Waals surface area contributed by atoms with Gasteiger partial charge in [0.25, 0.3) is 5.56 Å². The molecule has 3 heterocycles. The van der Waals surface area contributed by atoms with Crippen molar-refractivity contribution in [1.82, 2.24) is 19.6 Å². The second-order valence-corrected chi connectivity index (χ2v) is 4.86. The van der Waals surface area contributed by atoms with Crippen LogP contribution < -0.4 is 5.56 Å². The monoisotopic (exact) mass is 290 g/mol. The van der Waals surface area contributed by atoms with Gasteiger partial charge in [-0.2, -0.15) is 9.61 Å². The zero-order chi connectivity index (χ0) is 13.2. The van der Waals surface area contributed by atoms with Gasteiger partial charge in [0.1, 0.15) is 10.5 Å². The van der Waals surface area contributed by atoms with Crippen molar-refractivity contribution in [1.29, 1.82) is 0 Å². The summed E-state index contributed by atoms with van der Waals surface area (Å²) in [6.45, 7) is 0. The number of hydrogen-bond acceptors (Lipinski definition) is 5. The molecule has 0 aliphatic rings. The van der Waals surface area contributed by atoms with E-state index in [1.54, 1.807) is 30.1 Å². The van der Waals surface area contributed by atoms with Gasteiger partial charge in [-0.15, -0.1) is 0 Å². The number of nitrogens with zero attached hydrogens (tertiary/aromatic N) is 4. The first kappa shape index (κ1) is 12.0. The SMILES string of the molecule is O=c1c(Cl)c(C=Cc2cccnc2)nc2scnn12. The Labute approximate surface area is 116 Å². The third-order valence-corrected chi connectivity index (χ3v) is 3.47. The van der Waals surface area contributed by atoms with Crippen molar-refractivity contribution in [3.05, 3.63) is 56.7 Å². The van der Waals surface area contributed by atoms with Gasteiger partial charge in [-0.25, -0.2) is 4.98 Å². The summed E-state index contributed by atoms with van der Waals surface area (Å²) in [6, 6.07) is 3.73. The Bertz CT molecular complexity index is 809. The Hall–Kier alpha value is -2.05. The van der Waals surface area contributed by atoms with E-state index < -0.39 is 0 Å². The molecule has 0 aromatic carbocycles. The predicted octanol–water partition coefficient (Wildman–Crippen LogP) is 2.37. The van der Waals surface area contributed by atoms with Crippen LogP contribution in [0.5, 0.6) is 0 Å². The van der Waals surface area contributed by atoms with Crippen LogP contribution in [0.25, 0.3) is 17.1 Å². The molecule has 7 heteroatoms. The Morgan fingerprint density at radius 2 is 2.26 bits per heavy atom. The van der Waals surface area contributed by atoms with E-state index in [2.05, 4.69) is 15.1 Å². The van der Waals surface area contributed by atoms with Crippen LogP contribution in [0.1, 0.15) is 11.3 Å². The van der Waals surface area contributed by atoms with E-state index in [1.165, 1.54) is 15.9 Å². The standard InChI is InChI=1S/C12H7ClN4OS/c13-10-9(4-3-8-2-1-5-14-6-8)16-12-17(11(10)18)15-7-19-12/h1-7H. The van der Waals surface area contributed by atoms with Crippen LogP contribution in [0, 0.1) is 0 Å². The average Bonchev–Trinajstić information content (AvgIpc) is 2.91. The molecule has 0 radical (unpaired) electrons. The number of pyridine rings is 1. The number of rotatable bonds is 2. The Balaban J connectivity index is 2.08. The van der Waals surface area contributed by atoms with E-state index >= 15 is 0 Å². The lowest BCUT2D eigenvalue weighted by atomic mass is 10.2. The van der Waals surface area contributed by atoms with Crippen molar-refractivity contribution in [2.45, 2.75) is 0 Å². The minimum absolute atomic E-state index is 0.0588. The first-order chi connectivity index (χ1) is 9.25. The summed E-state index contributed by atoms with van der Waals surface area (Å²) in [4.78, 5) is 20.7. The molecule has 5 nitrogen and oxygen atoms in total. The van der Waals surface area contributed by atoms with Gasteiger partial charge in [-0.1, -0.05) is 35.1 Å². The van der Waals surface area contributed by atoms with Crippen molar-refractivity contribution in [2.24, 2.45) is 0 Å². The fourth-order valence-electron chi connectivity index (χ4n) is 1.54. The second kappa shape index (κ2) is 4.91. The largest absolute Gasteiger partial charge is 0.294 e. The Morgan fingerprint density at radius 3 is 3.05 bits per heavy atom. The zero-order valence-electron chi connectivity index (χ0n) is 9.52. The summed E-state index contributed by atoms with van der Waals surface area (Å²) in [5.74, 6) is 0. The first-order valence-electron chi connectivity index (χ1n) is 5.36. The molecule has 0 N–H and O–H groups in total. The lowest BCUT2D eigenvalue weighted by Crippen LogP contribution is -2.16. The molecular formula is C12H7ClN4OS. The smallest absolute Gasteiger partial charge is 0.266 e. The lowest BCUT2D eigenvalue weighted by Gasteiger charge is -1.97. The molecule has 94 valence electrons. The molecule has 0 atom stereocenters. The summed E-state index contributed by atoms with van der Waals surface area (Å²) in [7, 11) is 0. The van der Waals surface area contributed by atoms with E-state index in [1.807, 2.05) is 12.1 Å². The van der Waals surface area contributed by atoms with Crippen LogP contribution in [0.3, 0.4) is 0 Å². The molecule has 0 spiro atoms. The minimum Gasteiger partial charge on any atom is -0.266 e. The first-order valence-corrected chi connectivity index (χ1v) is 6.61. The molecule has 0 saturated heterocycles. The average molecular weight is 291 g/mol. The van der Waals surface area contributed by atoms with Crippen LogP contribution >= 0.6 is 22.9 Å². The quantitative estimate of drug-likeness (QED) is 0.727. The van der Waals surface area contributed by atoms with Gasteiger partial charge in [0.2, 0.25) is 4.96 Å². The topological polar surface area (TPSA) is 60.2 Å². The van der Waals surface area contributed by atoms with E-state index in [0.717, 1.165) is 5.56 Å². The predicted molar refractivity (Wildman–Crippen MR) is 75.3 cm³/mol. The van der Waals surface area contributed by atoms with Gasteiger partial charge < -0.3 is 0 Å². The zero-order valence-corrected chi connectivity index (χ0v) is 11.1. The lowest BCUT2D eigenvalue weighted by molar-refractivity contribution is 0.897. The van der Waals surface area contributed by atoms with Gasteiger partial charge in [0.05, 0.1) is 5.69 Å². The number of aromatic nitrogens is 4. The molecule has 0 unspecified atom stereocenters. The van der Waals surface area contributed by atoms with Gasteiger partial charge >= 0.3 is 0 Å². The maximum absolute atomic E-state index is 11.9. The van der Waals surface area contributed by atoms with Crippen molar-refractivity contribution in [2.75, 3.05) is 0 Å². The van der Waals surface area contributed by atoms with Gasteiger partial charge in [-0.05, 0) is 17.7 Å². The summed E-state index contributed by atoms with van der Waals surface area (Å²) < 4.78 is 1.19. The third-order valence-electron chi connectivity index (χ3n) is 2.44. The molecule has 0 bridgehead atoms. The highest BCUT2D eigenvalue weighted by Gasteiger charge is 2.09. The summed E-state index contributed by atoms with van der Waals surface area (Å²) >= 11 is 7.28. The van der Waals surface area contributed by atoms with Crippen LogP contribution in [0.4, 0.5) is 0 Å². The van der Waals surface area contributed by atoms with E-state index in [0.29, 0.717) is 10.7 Å². The molecule has 0 saturated carbocycles. The summed E-state index contributed by atoms with van der Waals surface area (Å²) in [5.41, 5.74) is 2.53. The van der Waals surface area contributed by atoms with Crippen LogP contribution in [-0.2, 0) is 0 Å². The van der Waals surface area contributed by atoms with Gasteiger partial charge in [0.15, 0.2) is 0 Å². The second-order valence-electron chi connectivity index (χ2n) is 3.67. The highest BCUT2D eigenvalue weighted by Crippen LogP contribution is 2.15. The number of fused-ring (bicyclic) bond motifs is 1. The van der Waals surface area contributed by atoms with Crippen LogP contribution in [0.15, 0.2) is 34.8 Å². The van der Waals surface area contributed by atoms with Crippen molar-refractivity contribution in [3.8, 4) is 0 Å². The molecule has 3 aromatic rings. The van der Waals surface area contributed by atoms with Crippen molar-refractivity contribution < 1.29 is 0 Å². The molecule has 0 amide bonds. The normalized spacial score (nSPS) is 11.4. The van der Waals surface area contributed by atoms with E-state index in [9.17, 15) is 4.79 Å². The molecule has 0 fully saturated rings. The Morgan fingerprint density at radius 1 is 1.37 bits per heavy atom. The Kier molecular flexibility index (Phi) is 3.10. The molecule has 0 aliphatic carbocycles. The molecule has 0 aliphatic heterocycles. The molecule has 19 heavy (non-hydrogen) atoms. The summed E-state index contributed by atoms with van der Waals surface area (Å²) in [6.07, 6.45) is 6.90. The maximum atomic E-state index is 11.9. The maximum Gasteiger partial charge on any atom is 0.294 e. The number of halogens is 1.